The minimum absolute atomic E-state index is 0.0785. The van der Waals surface area contributed by atoms with Crippen LogP contribution in [0.1, 0.15) is 22.8 Å². The molecule has 29 heavy (non-hydrogen) atoms. The number of terminal acetylenes is 1. The van der Waals surface area contributed by atoms with E-state index >= 15 is 0 Å². The summed E-state index contributed by atoms with van der Waals surface area (Å²) in [5.41, 5.74) is 3.25. The molecule has 0 saturated heterocycles. The van der Waals surface area contributed by atoms with Crippen LogP contribution in [-0.4, -0.2) is 19.6 Å². The third-order valence-electron chi connectivity index (χ3n) is 4.83. The number of ether oxygens (including phenoxy) is 2. The van der Waals surface area contributed by atoms with E-state index in [0.29, 0.717) is 17.9 Å². The molecule has 146 valence electrons. The number of thiophene rings is 1. The van der Waals surface area contributed by atoms with Crippen molar-refractivity contribution in [3.8, 4) is 35.0 Å². The van der Waals surface area contributed by atoms with Crippen molar-refractivity contribution in [2.75, 3.05) is 19.0 Å². The van der Waals surface area contributed by atoms with Gasteiger partial charge in [-0.1, -0.05) is 24.1 Å². The molecule has 0 fully saturated rings. The Morgan fingerprint density at radius 3 is 2.90 bits per heavy atom. The van der Waals surface area contributed by atoms with Crippen LogP contribution in [-0.2, 0) is 4.79 Å². The van der Waals surface area contributed by atoms with Crippen molar-refractivity contribution < 1.29 is 18.7 Å². The second-order valence-electron chi connectivity index (χ2n) is 6.61. The molecule has 2 aromatic carbocycles. The monoisotopic (exact) mass is 407 g/mol. The summed E-state index contributed by atoms with van der Waals surface area (Å²) in [4.78, 5) is 13.5. The first kappa shape index (κ1) is 19.0. The van der Waals surface area contributed by atoms with Crippen molar-refractivity contribution in [3.63, 3.8) is 0 Å². The maximum absolute atomic E-state index is 13.7. The molecule has 0 saturated carbocycles. The highest BCUT2D eigenvalue weighted by molar-refractivity contribution is 7.11. The van der Waals surface area contributed by atoms with Crippen molar-refractivity contribution in [1.82, 2.24) is 0 Å². The molecule has 0 radical (unpaired) electrons. The van der Waals surface area contributed by atoms with Gasteiger partial charge in [-0.25, -0.2) is 4.39 Å². The van der Waals surface area contributed by atoms with Gasteiger partial charge in [0.25, 0.3) is 0 Å². The quantitative estimate of drug-likeness (QED) is 0.602. The van der Waals surface area contributed by atoms with Gasteiger partial charge in [0, 0.05) is 28.2 Å². The van der Waals surface area contributed by atoms with Crippen LogP contribution in [0.15, 0.2) is 47.8 Å². The average molecular weight is 407 g/mol. The van der Waals surface area contributed by atoms with Gasteiger partial charge >= 0.3 is 0 Å². The molecular weight excluding hydrogens is 389 g/mol. The lowest BCUT2D eigenvalue weighted by molar-refractivity contribution is -0.116. The number of amides is 1. The number of nitrogens with one attached hydrogen (secondary N) is 1. The van der Waals surface area contributed by atoms with Gasteiger partial charge in [-0.05, 0) is 35.4 Å². The van der Waals surface area contributed by atoms with E-state index in [0.717, 1.165) is 27.3 Å². The van der Waals surface area contributed by atoms with Crippen LogP contribution in [0.25, 0.3) is 11.1 Å². The molecule has 3 aromatic rings. The number of halogens is 1. The number of fused-ring (bicyclic) bond motifs is 1. The maximum Gasteiger partial charge on any atom is 0.225 e. The van der Waals surface area contributed by atoms with Gasteiger partial charge in [-0.3, -0.25) is 4.79 Å². The number of anilines is 1. The summed E-state index contributed by atoms with van der Waals surface area (Å²) >= 11 is 1.55. The Hall–Kier alpha value is -3.30. The normalized spacial score (nSPS) is 15.2. The van der Waals surface area contributed by atoms with Gasteiger partial charge in [0.2, 0.25) is 5.91 Å². The van der Waals surface area contributed by atoms with E-state index in [1.807, 2.05) is 23.6 Å². The minimum atomic E-state index is -0.312. The third kappa shape index (κ3) is 3.69. The molecule has 6 heteroatoms. The van der Waals surface area contributed by atoms with Crippen molar-refractivity contribution in [2.45, 2.75) is 12.3 Å². The fraction of sp³-hybridized carbons (Fsp3) is 0.174. The van der Waals surface area contributed by atoms with E-state index in [1.165, 1.54) is 12.1 Å². The van der Waals surface area contributed by atoms with E-state index in [9.17, 15) is 9.18 Å². The van der Waals surface area contributed by atoms with E-state index in [2.05, 4.69) is 11.2 Å². The second kappa shape index (κ2) is 7.98. The van der Waals surface area contributed by atoms with Gasteiger partial charge in [0.1, 0.15) is 12.4 Å². The molecule has 1 aromatic heterocycles. The van der Waals surface area contributed by atoms with E-state index in [1.54, 1.807) is 30.6 Å². The smallest absolute Gasteiger partial charge is 0.225 e. The number of carbonyl (C=O) groups is 1. The topological polar surface area (TPSA) is 47.6 Å². The predicted octanol–water partition coefficient (Wildman–Crippen LogP) is 5.05. The highest BCUT2D eigenvalue weighted by atomic mass is 32.1. The largest absolute Gasteiger partial charge is 0.493 e. The summed E-state index contributed by atoms with van der Waals surface area (Å²) in [6, 6.07) is 12.0. The zero-order valence-corrected chi connectivity index (χ0v) is 16.5. The molecule has 1 amide bonds. The van der Waals surface area contributed by atoms with Crippen LogP contribution in [0.3, 0.4) is 0 Å². The minimum Gasteiger partial charge on any atom is -0.493 e. The Labute approximate surface area is 172 Å². The van der Waals surface area contributed by atoms with E-state index in [-0.39, 0.29) is 24.2 Å². The molecule has 1 N–H and O–H groups in total. The van der Waals surface area contributed by atoms with Crippen molar-refractivity contribution in [1.29, 1.82) is 0 Å². The zero-order chi connectivity index (χ0) is 20.4. The second-order valence-corrected chi connectivity index (χ2v) is 7.52. The fourth-order valence-electron chi connectivity index (χ4n) is 3.50. The number of hydrogen-bond donors (Lipinski definition) is 1. The summed E-state index contributed by atoms with van der Waals surface area (Å²) < 4.78 is 24.7. The Bertz CT molecular complexity index is 1120. The first-order valence-corrected chi connectivity index (χ1v) is 9.90. The van der Waals surface area contributed by atoms with Gasteiger partial charge in [-0.15, -0.1) is 17.8 Å². The SMILES string of the molecule is C#CCOc1ccc(C2CC(=O)Nc3c(-c4cccc(F)c4)csc32)cc1OC. The first-order valence-electron chi connectivity index (χ1n) is 9.02. The number of methoxy groups -OCH3 is 1. The van der Waals surface area contributed by atoms with Crippen LogP contribution in [0.4, 0.5) is 10.1 Å². The van der Waals surface area contributed by atoms with Crippen molar-refractivity contribution in [3.05, 3.63) is 64.1 Å². The van der Waals surface area contributed by atoms with Crippen LogP contribution in [0, 0.1) is 18.2 Å². The van der Waals surface area contributed by atoms with Crippen LogP contribution in [0.5, 0.6) is 11.5 Å². The Morgan fingerprint density at radius 2 is 2.14 bits per heavy atom. The standard InChI is InChI=1S/C23H18FNO3S/c1-3-9-28-19-8-7-15(11-20(19)27-2)17-12-21(26)25-22-18(13-29-23(17)22)14-5-4-6-16(24)10-14/h1,4-8,10-11,13,17H,9,12H2,2H3,(H,25,26). The summed E-state index contributed by atoms with van der Waals surface area (Å²) in [6.07, 6.45) is 5.58. The molecular formula is C23H18FNO3S. The summed E-state index contributed by atoms with van der Waals surface area (Å²) in [7, 11) is 1.56. The molecule has 4 nitrogen and oxygen atoms in total. The lowest BCUT2D eigenvalue weighted by Crippen LogP contribution is -2.22. The van der Waals surface area contributed by atoms with Gasteiger partial charge in [-0.2, -0.15) is 0 Å². The predicted molar refractivity (Wildman–Crippen MR) is 112 cm³/mol. The molecule has 1 aliphatic heterocycles. The third-order valence-corrected chi connectivity index (χ3v) is 5.92. The molecule has 1 aliphatic rings. The summed E-state index contributed by atoms with van der Waals surface area (Å²) in [5, 5.41) is 4.92. The molecule has 0 aliphatic carbocycles. The fourth-order valence-corrected chi connectivity index (χ4v) is 4.67. The maximum atomic E-state index is 13.7. The number of rotatable bonds is 5. The lowest BCUT2D eigenvalue weighted by Gasteiger charge is -2.24. The van der Waals surface area contributed by atoms with Gasteiger partial charge < -0.3 is 14.8 Å². The number of carbonyl (C=O) groups excluding carboxylic acids is 1. The summed E-state index contributed by atoms with van der Waals surface area (Å²) in [5.74, 6) is 3.04. The molecule has 0 spiro atoms. The van der Waals surface area contributed by atoms with Gasteiger partial charge in [0.05, 0.1) is 12.8 Å². The van der Waals surface area contributed by atoms with Crippen LogP contribution in [0.2, 0.25) is 0 Å². The average Bonchev–Trinajstić information content (AvgIpc) is 3.15. The van der Waals surface area contributed by atoms with Crippen LogP contribution >= 0.6 is 11.3 Å². The lowest BCUT2D eigenvalue weighted by atomic mass is 9.89. The van der Waals surface area contributed by atoms with Crippen LogP contribution < -0.4 is 14.8 Å². The molecule has 1 unspecified atom stereocenters. The molecule has 2 heterocycles. The number of hydrogen-bond acceptors (Lipinski definition) is 4. The molecule has 4 rings (SSSR count). The Morgan fingerprint density at radius 1 is 1.28 bits per heavy atom. The number of benzene rings is 2. The molecule has 0 bridgehead atoms. The van der Waals surface area contributed by atoms with E-state index < -0.39 is 0 Å². The van der Waals surface area contributed by atoms with E-state index in [4.69, 9.17) is 15.9 Å². The van der Waals surface area contributed by atoms with Crippen molar-refractivity contribution >= 4 is 22.9 Å². The van der Waals surface area contributed by atoms with Gasteiger partial charge in [0.15, 0.2) is 11.5 Å². The highest BCUT2D eigenvalue weighted by Crippen LogP contribution is 2.47. The summed E-state index contributed by atoms with van der Waals surface area (Å²) in [6.45, 7) is 0.146. The zero-order valence-electron chi connectivity index (χ0n) is 15.7. The Balaban J connectivity index is 1.75. The Kier molecular flexibility index (Phi) is 5.24. The first-order chi connectivity index (χ1) is 14.1. The van der Waals surface area contributed by atoms with Crippen molar-refractivity contribution in [2.24, 2.45) is 0 Å². The highest BCUT2D eigenvalue weighted by Gasteiger charge is 2.31. The molecule has 1 atom stereocenters.